The molecule has 0 aliphatic heterocycles. The maximum absolute atomic E-state index is 6.47. The van der Waals surface area contributed by atoms with Crippen LogP contribution >= 0.6 is 0 Å². The highest BCUT2D eigenvalue weighted by Gasteiger charge is 2.27. The number of nitrogens with two attached hydrogens (primary N) is 1. The van der Waals surface area contributed by atoms with Crippen molar-refractivity contribution in [3.05, 3.63) is 29.8 Å². The van der Waals surface area contributed by atoms with Crippen molar-refractivity contribution in [1.82, 2.24) is 0 Å². The van der Waals surface area contributed by atoms with E-state index >= 15 is 0 Å². The van der Waals surface area contributed by atoms with Crippen LogP contribution in [0.25, 0.3) is 0 Å². The van der Waals surface area contributed by atoms with Crippen molar-refractivity contribution in [3.8, 4) is 5.75 Å². The monoisotopic (exact) mass is 233 g/mol. The molecule has 2 rings (SSSR count). The summed E-state index contributed by atoms with van der Waals surface area (Å²) in [5, 5.41) is 0. The zero-order valence-corrected chi connectivity index (χ0v) is 10.7. The van der Waals surface area contributed by atoms with Gasteiger partial charge in [0.05, 0.1) is 6.61 Å². The fourth-order valence-corrected chi connectivity index (χ4v) is 2.75. The SMILES string of the molecule is CCOc1cccc(CC2(N)CCCCC2)c1. The van der Waals surface area contributed by atoms with Gasteiger partial charge >= 0.3 is 0 Å². The van der Waals surface area contributed by atoms with Crippen molar-refractivity contribution in [1.29, 1.82) is 0 Å². The molecule has 0 radical (unpaired) electrons. The summed E-state index contributed by atoms with van der Waals surface area (Å²) in [4.78, 5) is 0. The molecule has 0 amide bonds. The summed E-state index contributed by atoms with van der Waals surface area (Å²) in [5.41, 5.74) is 7.80. The van der Waals surface area contributed by atoms with E-state index in [2.05, 4.69) is 18.2 Å². The fraction of sp³-hybridized carbons (Fsp3) is 0.600. The first-order valence-electron chi connectivity index (χ1n) is 6.72. The molecule has 0 saturated heterocycles. The lowest BCUT2D eigenvalue weighted by molar-refractivity contribution is 0.293. The van der Waals surface area contributed by atoms with Crippen LogP contribution in [-0.2, 0) is 6.42 Å². The van der Waals surface area contributed by atoms with Gasteiger partial charge in [-0.25, -0.2) is 0 Å². The van der Waals surface area contributed by atoms with Crippen LogP contribution in [0.1, 0.15) is 44.6 Å². The van der Waals surface area contributed by atoms with Crippen molar-refractivity contribution >= 4 is 0 Å². The molecular weight excluding hydrogens is 210 g/mol. The highest BCUT2D eigenvalue weighted by molar-refractivity contribution is 5.29. The van der Waals surface area contributed by atoms with Gasteiger partial charge in [-0.05, 0) is 43.9 Å². The van der Waals surface area contributed by atoms with E-state index in [0.717, 1.165) is 31.6 Å². The average Bonchev–Trinajstić information content (AvgIpc) is 2.30. The highest BCUT2D eigenvalue weighted by Crippen LogP contribution is 2.29. The molecule has 0 heterocycles. The minimum absolute atomic E-state index is 0.0170. The Kier molecular flexibility index (Phi) is 4.06. The Balaban J connectivity index is 2.04. The van der Waals surface area contributed by atoms with Crippen molar-refractivity contribution in [2.24, 2.45) is 5.73 Å². The second-order valence-corrected chi connectivity index (χ2v) is 5.18. The highest BCUT2D eigenvalue weighted by atomic mass is 16.5. The Bertz CT molecular complexity index is 356. The summed E-state index contributed by atoms with van der Waals surface area (Å²) in [6, 6.07) is 8.36. The lowest BCUT2D eigenvalue weighted by Crippen LogP contribution is -2.43. The Morgan fingerprint density at radius 3 is 2.71 bits per heavy atom. The quantitative estimate of drug-likeness (QED) is 0.866. The Hall–Kier alpha value is -1.02. The van der Waals surface area contributed by atoms with Crippen LogP contribution in [0.15, 0.2) is 24.3 Å². The summed E-state index contributed by atoms with van der Waals surface area (Å²) < 4.78 is 5.53. The molecule has 0 aromatic heterocycles. The molecule has 0 unspecified atom stereocenters. The van der Waals surface area contributed by atoms with Crippen molar-refractivity contribution in [2.45, 2.75) is 51.0 Å². The molecule has 1 fully saturated rings. The summed E-state index contributed by atoms with van der Waals surface area (Å²) in [5.74, 6) is 0.962. The van der Waals surface area contributed by atoms with Gasteiger partial charge in [-0.1, -0.05) is 31.4 Å². The summed E-state index contributed by atoms with van der Waals surface area (Å²) in [6.45, 7) is 2.73. The molecule has 0 atom stereocenters. The van der Waals surface area contributed by atoms with Crippen molar-refractivity contribution in [2.75, 3.05) is 6.61 Å². The smallest absolute Gasteiger partial charge is 0.119 e. The number of benzene rings is 1. The van der Waals surface area contributed by atoms with Gasteiger partial charge in [0, 0.05) is 5.54 Å². The standard InChI is InChI=1S/C15H23NO/c1-2-17-14-8-6-7-13(11-14)12-15(16)9-4-3-5-10-15/h6-8,11H,2-5,9-10,12,16H2,1H3. The molecule has 1 aromatic carbocycles. The minimum Gasteiger partial charge on any atom is -0.494 e. The minimum atomic E-state index is 0.0170. The molecule has 1 aliphatic rings. The van der Waals surface area contributed by atoms with E-state index in [1.807, 2.05) is 13.0 Å². The number of hydrogen-bond acceptors (Lipinski definition) is 2. The molecule has 17 heavy (non-hydrogen) atoms. The second kappa shape index (κ2) is 5.54. The molecule has 0 bridgehead atoms. The number of rotatable bonds is 4. The first kappa shape index (κ1) is 12.4. The first-order chi connectivity index (χ1) is 8.22. The van der Waals surface area contributed by atoms with Gasteiger partial charge in [0.15, 0.2) is 0 Å². The summed E-state index contributed by atoms with van der Waals surface area (Å²) >= 11 is 0. The van der Waals surface area contributed by atoms with E-state index in [1.54, 1.807) is 0 Å². The maximum Gasteiger partial charge on any atom is 0.119 e. The van der Waals surface area contributed by atoms with Crippen LogP contribution in [0, 0.1) is 0 Å². The Morgan fingerprint density at radius 1 is 1.24 bits per heavy atom. The Labute approximate surface area is 104 Å². The maximum atomic E-state index is 6.47. The molecule has 1 aliphatic carbocycles. The second-order valence-electron chi connectivity index (χ2n) is 5.18. The Morgan fingerprint density at radius 2 is 2.00 bits per heavy atom. The van der Waals surface area contributed by atoms with E-state index in [4.69, 9.17) is 10.5 Å². The lowest BCUT2D eigenvalue weighted by atomic mass is 9.78. The van der Waals surface area contributed by atoms with Crippen LogP contribution < -0.4 is 10.5 Å². The molecule has 0 spiro atoms. The van der Waals surface area contributed by atoms with Gasteiger partial charge in [0.25, 0.3) is 0 Å². The van der Waals surface area contributed by atoms with Crippen LogP contribution in [-0.4, -0.2) is 12.1 Å². The third-order valence-corrected chi connectivity index (χ3v) is 3.61. The summed E-state index contributed by atoms with van der Waals surface area (Å²) in [6.07, 6.45) is 7.20. The largest absolute Gasteiger partial charge is 0.494 e. The molecule has 94 valence electrons. The van der Waals surface area contributed by atoms with Gasteiger partial charge in [0.1, 0.15) is 5.75 Å². The zero-order valence-electron chi connectivity index (χ0n) is 10.7. The predicted octanol–water partition coefficient (Wildman–Crippen LogP) is 3.29. The molecule has 1 aromatic rings. The normalized spacial score (nSPS) is 18.9. The van der Waals surface area contributed by atoms with Crippen LogP contribution in [0.3, 0.4) is 0 Å². The van der Waals surface area contributed by atoms with E-state index in [-0.39, 0.29) is 5.54 Å². The van der Waals surface area contributed by atoms with Crippen molar-refractivity contribution in [3.63, 3.8) is 0 Å². The van der Waals surface area contributed by atoms with E-state index in [9.17, 15) is 0 Å². The van der Waals surface area contributed by atoms with E-state index < -0.39 is 0 Å². The fourth-order valence-electron chi connectivity index (χ4n) is 2.75. The molecule has 1 saturated carbocycles. The van der Waals surface area contributed by atoms with Crippen LogP contribution in [0.5, 0.6) is 5.75 Å². The first-order valence-corrected chi connectivity index (χ1v) is 6.72. The van der Waals surface area contributed by atoms with E-state index in [1.165, 1.54) is 24.8 Å². The predicted molar refractivity (Wildman–Crippen MR) is 71.3 cm³/mol. The molecule has 2 heteroatoms. The van der Waals surface area contributed by atoms with Gasteiger partial charge < -0.3 is 10.5 Å². The van der Waals surface area contributed by atoms with E-state index in [0.29, 0.717) is 0 Å². The number of ether oxygens (including phenoxy) is 1. The molecular formula is C15H23NO. The lowest BCUT2D eigenvalue weighted by Gasteiger charge is -2.33. The average molecular weight is 233 g/mol. The third kappa shape index (κ3) is 3.47. The molecule has 2 N–H and O–H groups in total. The van der Waals surface area contributed by atoms with Gasteiger partial charge in [0.2, 0.25) is 0 Å². The van der Waals surface area contributed by atoms with Crippen LogP contribution in [0.2, 0.25) is 0 Å². The van der Waals surface area contributed by atoms with Crippen molar-refractivity contribution < 1.29 is 4.74 Å². The topological polar surface area (TPSA) is 35.2 Å². The molecule has 2 nitrogen and oxygen atoms in total. The number of hydrogen-bond donors (Lipinski definition) is 1. The van der Waals surface area contributed by atoms with Gasteiger partial charge in [-0.15, -0.1) is 0 Å². The van der Waals surface area contributed by atoms with Crippen LogP contribution in [0.4, 0.5) is 0 Å². The van der Waals surface area contributed by atoms with Gasteiger partial charge in [-0.3, -0.25) is 0 Å². The summed E-state index contributed by atoms with van der Waals surface area (Å²) in [7, 11) is 0. The zero-order chi connectivity index (χ0) is 12.1. The third-order valence-electron chi connectivity index (χ3n) is 3.61. The van der Waals surface area contributed by atoms with Gasteiger partial charge in [-0.2, -0.15) is 0 Å².